The van der Waals surface area contributed by atoms with E-state index < -0.39 is 5.91 Å². The number of hydrogen-bond donors (Lipinski definition) is 1. The monoisotopic (exact) mass is 271 g/mol. The lowest BCUT2D eigenvalue weighted by molar-refractivity contribution is 0.0996. The zero-order valence-electron chi connectivity index (χ0n) is 8.63. The average Bonchev–Trinajstić information content (AvgIpc) is 2.18. The van der Waals surface area contributed by atoms with E-state index in [1.54, 1.807) is 18.2 Å². The summed E-state index contributed by atoms with van der Waals surface area (Å²) < 4.78 is 6.36. The van der Waals surface area contributed by atoms with Crippen molar-refractivity contribution in [3.05, 3.63) is 28.2 Å². The second-order valence-corrected chi connectivity index (χ2v) is 4.12. The Morgan fingerprint density at radius 3 is 2.87 bits per heavy atom. The summed E-state index contributed by atoms with van der Waals surface area (Å²) in [6.45, 7) is 2.69. The van der Waals surface area contributed by atoms with E-state index in [1.807, 2.05) is 0 Å². The van der Waals surface area contributed by atoms with Crippen LogP contribution in [0.4, 0.5) is 0 Å². The van der Waals surface area contributed by atoms with Crippen LogP contribution in [-0.2, 0) is 0 Å². The first-order chi connectivity index (χ1) is 7.15. The van der Waals surface area contributed by atoms with Crippen molar-refractivity contribution in [1.82, 2.24) is 0 Å². The predicted octanol–water partition coefficient (Wildman–Crippen LogP) is 2.73. The molecule has 1 aromatic rings. The molecule has 82 valence electrons. The van der Waals surface area contributed by atoms with Crippen molar-refractivity contribution < 1.29 is 9.53 Å². The van der Waals surface area contributed by atoms with E-state index in [1.165, 1.54) is 0 Å². The van der Waals surface area contributed by atoms with Gasteiger partial charge in [0.15, 0.2) is 0 Å². The molecule has 0 fully saturated rings. The minimum absolute atomic E-state index is 0.425. The van der Waals surface area contributed by atoms with E-state index in [0.29, 0.717) is 17.9 Å². The highest BCUT2D eigenvalue weighted by atomic mass is 79.9. The van der Waals surface area contributed by atoms with Crippen molar-refractivity contribution in [1.29, 1.82) is 0 Å². The molecule has 1 amide bonds. The summed E-state index contributed by atoms with van der Waals surface area (Å²) in [6, 6.07) is 5.19. The molecule has 1 rings (SSSR count). The zero-order chi connectivity index (χ0) is 11.3. The molecule has 0 spiro atoms. The molecular formula is C11H14BrNO2. The Bertz CT molecular complexity index is 352. The summed E-state index contributed by atoms with van der Waals surface area (Å²) in [4.78, 5) is 11.1. The van der Waals surface area contributed by atoms with Crippen LogP contribution < -0.4 is 10.5 Å². The van der Waals surface area contributed by atoms with Crippen LogP contribution in [0.2, 0.25) is 0 Å². The number of carbonyl (C=O) groups is 1. The minimum atomic E-state index is -0.464. The summed E-state index contributed by atoms with van der Waals surface area (Å²) in [5.74, 6) is 0.0827. The van der Waals surface area contributed by atoms with Gasteiger partial charge in [-0.3, -0.25) is 4.79 Å². The normalized spacial score (nSPS) is 10.0. The third kappa shape index (κ3) is 3.55. The van der Waals surface area contributed by atoms with Gasteiger partial charge in [0.1, 0.15) is 5.75 Å². The van der Waals surface area contributed by atoms with Crippen LogP contribution in [0.25, 0.3) is 0 Å². The first-order valence-corrected chi connectivity index (χ1v) is 5.66. The second-order valence-electron chi connectivity index (χ2n) is 3.21. The van der Waals surface area contributed by atoms with E-state index in [4.69, 9.17) is 10.5 Å². The van der Waals surface area contributed by atoms with Crippen molar-refractivity contribution in [2.45, 2.75) is 19.8 Å². The van der Waals surface area contributed by atoms with Gasteiger partial charge in [0.05, 0.1) is 12.2 Å². The highest BCUT2D eigenvalue weighted by Crippen LogP contribution is 2.23. The summed E-state index contributed by atoms with van der Waals surface area (Å²) in [5.41, 5.74) is 5.66. The number of primary amides is 1. The molecule has 0 bridgehead atoms. The van der Waals surface area contributed by atoms with Gasteiger partial charge in [-0.15, -0.1) is 0 Å². The van der Waals surface area contributed by atoms with Gasteiger partial charge in [-0.25, -0.2) is 0 Å². The lowest BCUT2D eigenvalue weighted by Crippen LogP contribution is -2.13. The van der Waals surface area contributed by atoms with Gasteiger partial charge in [-0.2, -0.15) is 0 Å². The second kappa shape index (κ2) is 5.75. The van der Waals surface area contributed by atoms with Crippen LogP contribution in [0.1, 0.15) is 30.1 Å². The van der Waals surface area contributed by atoms with Crippen molar-refractivity contribution >= 4 is 21.8 Å². The topological polar surface area (TPSA) is 52.3 Å². The maximum absolute atomic E-state index is 11.1. The molecule has 0 radical (unpaired) electrons. The van der Waals surface area contributed by atoms with Crippen LogP contribution >= 0.6 is 15.9 Å². The SMILES string of the molecule is CCCCOc1cc(Br)ccc1C(N)=O. The lowest BCUT2D eigenvalue weighted by atomic mass is 10.2. The number of amides is 1. The molecule has 1 aromatic carbocycles. The fourth-order valence-corrected chi connectivity index (χ4v) is 1.49. The third-order valence-corrected chi connectivity index (χ3v) is 2.46. The average molecular weight is 272 g/mol. The fourth-order valence-electron chi connectivity index (χ4n) is 1.15. The number of halogens is 1. The van der Waals surface area contributed by atoms with Gasteiger partial charge < -0.3 is 10.5 Å². The third-order valence-electron chi connectivity index (χ3n) is 1.96. The summed E-state index contributed by atoms with van der Waals surface area (Å²) >= 11 is 3.32. The number of ether oxygens (including phenoxy) is 1. The van der Waals surface area contributed by atoms with Crippen LogP contribution in [0.5, 0.6) is 5.75 Å². The van der Waals surface area contributed by atoms with Crippen molar-refractivity contribution in [3.63, 3.8) is 0 Å². The van der Waals surface area contributed by atoms with Gasteiger partial charge >= 0.3 is 0 Å². The summed E-state index contributed by atoms with van der Waals surface area (Å²) in [5, 5.41) is 0. The maximum Gasteiger partial charge on any atom is 0.252 e. The number of carbonyl (C=O) groups excluding carboxylic acids is 1. The number of rotatable bonds is 5. The van der Waals surface area contributed by atoms with E-state index in [2.05, 4.69) is 22.9 Å². The molecule has 0 saturated heterocycles. The maximum atomic E-state index is 11.1. The molecule has 0 heterocycles. The Labute approximate surface area is 97.7 Å². The molecule has 0 saturated carbocycles. The Morgan fingerprint density at radius 2 is 2.27 bits per heavy atom. The Morgan fingerprint density at radius 1 is 1.53 bits per heavy atom. The smallest absolute Gasteiger partial charge is 0.252 e. The lowest BCUT2D eigenvalue weighted by Gasteiger charge is -2.09. The van der Waals surface area contributed by atoms with Crippen LogP contribution in [0.3, 0.4) is 0 Å². The predicted molar refractivity (Wildman–Crippen MR) is 63.1 cm³/mol. The molecule has 4 heteroatoms. The largest absolute Gasteiger partial charge is 0.493 e. The van der Waals surface area contributed by atoms with Gasteiger partial charge in [0.25, 0.3) is 5.91 Å². The number of unbranched alkanes of at least 4 members (excludes halogenated alkanes) is 1. The quantitative estimate of drug-likeness (QED) is 0.838. The van der Waals surface area contributed by atoms with Crippen LogP contribution in [-0.4, -0.2) is 12.5 Å². The molecule has 0 aliphatic rings. The van der Waals surface area contributed by atoms with Gasteiger partial charge in [-0.1, -0.05) is 29.3 Å². The molecule has 0 unspecified atom stereocenters. The first kappa shape index (κ1) is 12.0. The van der Waals surface area contributed by atoms with E-state index in [0.717, 1.165) is 17.3 Å². The number of hydrogen-bond acceptors (Lipinski definition) is 2. The number of benzene rings is 1. The van der Waals surface area contributed by atoms with Crippen LogP contribution in [0.15, 0.2) is 22.7 Å². The molecule has 0 aliphatic carbocycles. The summed E-state index contributed by atoms with van der Waals surface area (Å²) in [6.07, 6.45) is 2.02. The Kier molecular flexibility index (Phi) is 4.62. The van der Waals surface area contributed by atoms with Crippen molar-refractivity contribution in [2.24, 2.45) is 5.73 Å². The molecule has 2 N–H and O–H groups in total. The molecular weight excluding hydrogens is 258 g/mol. The zero-order valence-corrected chi connectivity index (χ0v) is 10.2. The first-order valence-electron chi connectivity index (χ1n) is 4.87. The minimum Gasteiger partial charge on any atom is -0.493 e. The molecule has 15 heavy (non-hydrogen) atoms. The van der Waals surface area contributed by atoms with Crippen LogP contribution in [0, 0.1) is 0 Å². The van der Waals surface area contributed by atoms with Gasteiger partial charge in [0, 0.05) is 4.47 Å². The standard InChI is InChI=1S/C11H14BrNO2/c1-2-3-6-15-10-7-8(12)4-5-9(10)11(13)14/h4-5,7H,2-3,6H2,1H3,(H2,13,14). The Balaban J connectivity index is 2.82. The molecule has 0 aromatic heterocycles. The molecule has 0 atom stereocenters. The molecule has 0 aliphatic heterocycles. The summed E-state index contributed by atoms with van der Waals surface area (Å²) in [7, 11) is 0. The van der Waals surface area contributed by atoms with Crippen molar-refractivity contribution in [2.75, 3.05) is 6.61 Å². The van der Waals surface area contributed by atoms with Crippen molar-refractivity contribution in [3.8, 4) is 5.75 Å². The Hall–Kier alpha value is -1.03. The highest BCUT2D eigenvalue weighted by molar-refractivity contribution is 9.10. The molecule has 3 nitrogen and oxygen atoms in total. The van der Waals surface area contributed by atoms with E-state index >= 15 is 0 Å². The van der Waals surface area contributed by atoms with Gasteiger partial charge in [-0.05, 0) is 24.6 Å². The van der Waals surface area contributed by atoms with E-state index in [9.17, 15) is 4.79 Å². The highest BCUT2D eigenvalue weighted by Gasteiger charge is 2.09. The van der Waals surface area contributed by atoms with E-state index in [-0.39, 0.29) is 0 Å². The number of nitrogens with two attached hydrogens (primary N) is 1. The van der Waals surface area contributed by atoms with Gasteiger partial charge in [0.2, 0.25) is 0 Å². The fraction of sp³-hybridized carbons (Fsp3) is 0.364.